The fraction of sp³-hybridized carbons (Fsp3) is 0. The predicted octanol–water partition coefficient (Wildman–Crippen LogP) is 6.69. The van der Waals surface area contributed by atoms with Gasteiger partial charge in [-0.3, -0.25) is 0 Å². The molecule has 7 heteroatoms. The molecular weight excluding hydrogens is 496 g/mol. The molecule has 0 heterocycles. The Balaban J connectivity index is 1.52. The number of fused-ring (bicyclic) bond motifs is 4. The van der Waals surface area contributed by atoms with Crippen molar-refractivity contribution in [2.24, 2.45) is 0 Å². The molecule has 0 aliphatic carbocycles. The van der Waals surface area contributed by atoms with E-state index in [-0.39, 0.29) is 22.3 Å². The summed E-state index contributed by atoms with van der Waals surface area (Å²) in [6, 6.07) is 27.5. The standard InChI is InChI=1S/C32H18O7/c33-29(34)23-11-9-21-13-17-5-1-3-7-19(17)15-25(21)27(23)31(37)39-32(38)28-24(30(35)36)12-10-22-14-18-6-2-4-8-20(18)16-26(22)28/h1-16H,(H,33,34)(H,35,36). The lowest BCUT2D eigenvalue weighted by Gasteiger charge is -2.13. The number of ether oxygens (including phenoxy) is 1. The lowest BCUT2D eigenvalue weighted by molar-refractivity contribution is 0.0389. The van der Waals surface area contributed by atoms with Crippen molar-refractivity contribution in [1.29, 1.82) is 0 Å². The van der Waals surface area contributed by atoms with Crippen LogP contribution >= 0.6 is 0 Å². The number of carboxylic acids is 2. The maximum Gasteiger partial charge on any atom is 0.347 e. The lowest BCUT2D eigenvalue weighted by Crippen LogP contribution is -2.19. The number of carbonyl (C=O) groups is 4. The summed E-state index contributed by atoms with van der Waals surface area (Å²) in [5, 5.41) is 24.7. The van der Waals surface area contributed by atoms with Crippen molar-refractivity contribution in [3.63, 3.8) is 0 Å². The van der Waals surface area contributed by atoms with E-state index >= 15 is 0 Å². The van der Waals surface area contributed by atoms with E-state index in [1.54, 1.807) is 24.3 Å². The van der Waals surface area contributed by atoms with Gasteiger partial charge in [-0.1, -0.05) is 60.7 Å². The molecule has 2 N–H and O–H groups in total. The highest BCUT2D eigenvalue weighted by Crippen LogP contribution is 2.31. The molecule has 0 saturated carbocycles. The van der Waals surface area contributed by atoms with Gasteiger partial charge in [-0.15, -0.1) is 0 Å². The van der Waals surface area contributed by atoms with Gasteiger partial charge in [0, 0.05) is 0 Å². The minimum absolute atomic E-state index is 0.290. The predicted molar refractivity (Wildman–Crippen MR) is 147 cm³/mol. The second-order valence-corrected chi connectivity index (χ2v) is 9.10. The van der Waals surface area contributed by atoms with Gasteiger partial charge in [0.05, 0.1) is 22.3 Å². The van der Waals surface area contributed by atoms with Crippen LogP contribution in [0.3, 0.4) is 0 Å². The molecule has 0 atom stereocenters. The van der Waals surface area contributed by atoms with Crippen molar-refractivity contribution in [3.8, 4) is 0 Å². The Labute approximate surface area is 220 Å². The summed E-state index contributed by atoms with van der Waals surface area (Å²) in [4.78, 5) is 51.1. The van der Waals surface area contributed by atoms with Crippen LogP contribution in [-0.2, 0) is 4.74 Å². The smallest absolute Gasteiger partial charge is 0.347 e. The molecule has 0 saturated heterocycles. The molecule has 6 rings (SSSR count). The van der Waals surface area contributed by atoms with E-state index in [0.29, 0.717) is 21.5 Å². The Morgan fingerprint density at radius 1 is 0.462 bits per heavy atom. The summed E-state index contributed by atoms with van der Waals surface area (Å²) in [7, 11) is 0. The van der Waals surface area contributed by atoms with Crippen molar-refractivity contribution in [2.45, 2.75) is 0 Å². The number of hydrogen-bond acceptors (Lipinski definition) is 5. The van der Waals surface area contributed by atoms with Crippen LogP contribution in [-0.4, -0.2) is 34.1 Å². The largest absolute Gasteiger partial charge is 0.478 e. The molecule has 0 unspecified atom stereocenters. The molecule has 0 spiro atoms. The van der Waals surface area contributed by atoms with Gasteiger partial charge >= 0.3 is 23.9 Å². The van der Waals surface area contributed by atoms with Crippen LogP contribution in [0.5, 0.6) is 0 Å². The summed E-state index contributed by atoms with van der Waals surface area (Å²) in [6.45, 7) is 0. The minimum atomic E-state index is -1.37. The van der Waals surface area contributed by atoms with Crippen molar-refractivity contribution >= 4 is 67.0 Å². The summed E-state index contributed by atoms with van der Waals surface area (Å²) in [6.07, 6.45) is 0. The Morgan fingerprint density at radius 2 is 0.821 bits per heavy atom. The highest BCUT2D eigenvalue weighted by atomic mass is 16.6. The molecule has 0 radical (unpaired) electrons. The molecule has 6 aromatic carbocycles. The first-order chi connectivity index (χ1) is 18.8. The van der Waals surface area contributed by atoms with Gasteiger partial charge in [0.2, 0.25) is 0 Å². The van der Waals surface area contributed by atoms with E-state index in [0.717, 1.165) is 21.5 Å². The minimum Gasteiger partial charge on any atom is -0.478 e. The van der Waals surface area contributed by atoms with Gasteiger partial charge in [0.15, 0.2) is 0 Å². The van der Waals surface area contributed by atoms with Crippen LogP contribution in [0.15, 0.2) is 97.1 Å². The van der Waals surface area contributed by atoms with Crippen LogP contribution in [0.2, 0.25) is 0 Å². The SMILES string of the molecule is O=C(O)c1ccc2cc3ccccc3cc2c1C(=O)OC(=O)c1c(C(=O)O)ccc2cc3ccccc3cc12. The highest BCUT2D eigenvalue weighted by Gasteiger charge is 2.28. The zero-order chi connectivity index (χ0) is 27.3. The number of benzene rings is 6. The van der Waals surface area contributed by atoms with E-state index in [9.17, 15) is 29.4 Å². The van der Waals surface area contributed by atoms with Gasteiger partial charge in [-0.2, -0.15) is 0 Å². The van der Waals surface area contributed by atoms with Gasteiger partial charge < -0.3 is 14.9 Å². The van der Waals surface area contributed by atoms with Crippen LogP contribution < -0.4 is 0 Å². The lowest BCUT2D eigenvalue weighted by atomic mass is 9.95. The number of rotatable bonds is 4. The molecule has 0 aromatic heterocycles. The zero-order valence-electron chi connectivity index (χ0n) is 20.2. The van der Waals surface area contributed by atoms with E-state index < -0.39 is 23.9 Å². The summed E-state index contributed by atoms with van der Waals surface area (Å²) in [5.74, 6) is -5.11. The molecule has 39 heavy (non-hydrogen) atoms. The van der Waals surface area contributed by atoms with Crippen molar-refractivity contribution in [3.05, 3.63) is 119 Å². The second-order valence-electron chi connectivity index (χ2n) is 9.10. The fourth-order valence-electron chi connectivity index (χ4n) is 5.01. The van der Waals surface area contributed by atoms with Crippen LogP contribution in [0.4, 0.5) is 0 Å². The molecule has 0 bridgehead atoms. The number of aromatic carboxylic acids is 2. The molecule has 7 nitrogen and oxygen atoms in total. The molecule has 0 amide bonds. The van der Waals surface area contributed by atoms with Gasteiger partial charge in [0.1, 0.15) is 0 Å². The number of esters is 2. The third-order valence-electron chi connectivity index (χ3n) is 6.83. The Hall–Kier alpha value is -5.56. The molecular formula is C32H18O7. The van der Waals surface area contributed by atoms with E-state index in [2.05, 4.69) is 0 Å². The van der Waals surface area contributed by atoms with Crippen LogP contribution in [0.1, 0.15) is 41.4 Å². The average molecular weight is 514 g/mol. The first-order valence-electron chi connectivity index (χ1n) is 12.0. The summed E-state index contributed by atoms with van der Waals surface area (Å²) in [5.41, 5.74) is -1.25. The summed E-state index contributed by atoms with van der Waals surface area (Å²) < 4.78 is 5.24. The quantitative estimate of drug-likeness (QED) is 0.153. The molecule has 188 valence electrons. The average Bonchev–Trinajstić information content (AvgIpc) is 2.93. The molecule has 0 fully saturated rings. The summed E-state index contributed by atoms with van der Waals surface area (Å²) >= 11 is 0. The third-order valence-corrected chi connectivity index (χ3v) is 6.83. The topological polar surface area (TPSA) is 118 Å². The van der Waals surface area contributed by atoms with Gasteiger partial charge in [-0.05, 0) is 79.5 Å². The first-order valence-corrected chi connectivity index (χ1v) is 12.0. The van der Waals surface area contributed by atoms with Crippen LogP contribution in [0, 0.1) is 0 Å². The Bertz CT molecular complexity index is 1890. The molecule has 0 aliphatic rings. The number of carbonyl (C=O) groups excluding carboxylic acids is 2. The Morgan fingerprint density at radius 3 is 1.18 bits per heavy atom. The van der Waals surface area contributed by atoms with E-state index in [1.807, 2.05) is 60.7 Å². The van der Waals surface area contributed by atoms with Crippen LogP contribution in [0.25, 0.3) is 43.1 Å². The van der Waals surface area contributed by atoms with Crippen molar-refractivity contribution < 1.29 is 34.1 Å². The zero-order valence-corrected chi connectivity index (χ0v) is 20.2. The van der Waals surface area contributed by atoms with E-state index in [1.165, 1.54) is 12.1 Å². The van der Waals surface area contributed by atoms with Gasteiger partial charge in [-0.25, -0.2) is 19.2 Å². The first kappa shape index (κ1) is 23.8. The highest BCUT2D eigenvalue weighted by molar-refractivity contribution is 6.20. The maximum absolute atomic E-state index is 13.5. The van der Waals surface area contributed by atoms with E-state index in [4.69, 9.17) is 4.74 Å². The van der Waals surface area contributed by atoms with Crippen molar-refractivity contribution in [2.75, 3.05) is 0 Å². The normalized spacial score (nSPS) is 11.2. The van der Waals surface area contributed by atoms with Crippen molar-refractivity contribution in [1.82, 2.24) is 0 Å². The fourth-order valence-corrected chi connectivity index (χ4v) is 5.01. The third kappa shape index (κ3) is 4.02. The molecule has 6 aromatic rings. The number of carboxylic acid groups (broad SMARTS) is 2. The molecule has 0 aliphatic heterocycles. The second kappa shape index (κ2) is 9.08. The maximum atomic E-state index is 13.5. The Kier molecular flexibility index (Phi) is 5.54. The van der Waals surface area contributed by atoms with Gasteiger partial charge in [0.25, 0.3) is 0 Å². The monoisotopic (exact) mass is 514 g/mol. The number of hydrogen-bond donors (Lipinski definition) is 2.